The molecule has 8 heteroatoms. The highest BCUT2D eigenvalue weighted by atomic mass is 32.2. The average Bonchev–Trinajstić information content (AvgIpc) is 2.99. The van der Waals surface area contributed by atoms with E-state index in [4.69, 9.17) is 4.42 Å². The monoisotopic (exact) mass is 315 g/mol. The van der Waals surface area contributed by atoms with Crippen molar-refractivity contribution in [3.8, 4) is 0 Å². The van der Waals surface area contributed by atoms with E-state index >= 15 is 0 Å². The summed E-state index contributed by atoms with van der Waals surface area (Å²) in [6, 6.07) is 3.25. The third-order valence-electron chi connectivity index (χ3n) is 3.57. The maximum absolute atomic E-state index is 12.1. The fourth-order valence-electron chi connectivity index (χ4n) is 2.37. The molecule has 0 spiro atoms. The van der Waals surface area contributed by atoms with Gasteiger partial charge < -0.3 is 9.73 Å². The van der Waals surface area contributed by atoms with E-state index in [2.05, 4.69) is 5.32 Å². The van der Waals surface area contributed by atoms with Gasteiger partial charge in [0.25, 0.3) is 16.1 Å². The van der Waals surface area contributed by atoms with E-state index in [0.717, 1.165) is 12.8 Å². The Balaban J connectivity index is 1.89. The fourth-order valence-corrected chi connectivity index (χ4v) is 3.59. The van der Waals surface area contributed by atoms with Gasteiger partial charge in [-0.15, -0.1) is 0 Å². The van der Waals surface area contributed by atoms with Crippen LogP contribution >= 0.6 is 0 Å². The minimum Gasteiger partial charge on any atom is -0.459 e. The summed E-state index contributed by atoms with van der Waals surface area (Å²) < 4.78 is 31.9. The van der Waals surface area contributed by atoms with E-state index in [-0.39, 0.29) is 17.6 Å². The average molecular weight is 315 g/mol. The van der Waals surface area contributed by atoms with Gasteiger partial charge in [-0.1, -0.05) is 0 Å². The largest absolute Gasteiger partial charge is 0.459 e. The van der Waals surface area contributed by atoms with E-state index in [1.165, 1.54) is 29.0 Å². The third-order valence-corrected chi connectivity index (χ3v) is 5.47. The van der Waals surface area contributed by atoms with Gasteiger partial charge in [-0.2, -0.15) is 17.0 Å². The zero-order valence-electron chi connectivity index (χ0n) is 12.3. The summed E-state index contributed by atoms with van der Waals surface area (Å²) in [4.78, 5) is 11.8. The van der Waals surface area contributed by atoms with Crippen molar-refractivity contribution in [1.82, 2.24) is 13.9 Å². The normalized spacial score (nSPS) is 20.6. The van der Waals surface area contributed by atoms with Gasteiger partial charge >= 0.3 is 0 Å². The van der Waals surface area contributed by atoms with Gasteiger partial charge in [0, 0.05) is 33.7 Å². The first-order valence-electron chi connectivity index (χ1n) is 6.90. The molecule has 7 nitrogen and oxygen atoms in total. The van der Waals surface area contributed by atoms with Gasteiger partial charge in [0.1, 0.15) is 0 Å². The van der Waals surface area contributed by atoms with Crippen LogP contribution in [-0.2, 0) is 10.2 Å². The summed E-state index contributed by atoms with van der Waals surface area (Å²) in [5.74, 6) is 0.114. The zero-order chi connectivity index (χ0) is 15.5. The van der Waals surface area contributed by atoms with E-state index in [0.29, 0.717) is 19.6 Å². The first-order valence-corrected chi connectivity index (χ1v) is 8.30. The van der Waals surface area contributed by atoms with Crippen LogP contribution in [0.3, 0.4) is 0 Å². The lowest BCUT2D eigenvalue weighted by Gasteiger charge is -2.33. The molecule has 1 amide bonds. The van der Waals surface area contributed by atoms with Crippen LogP contribution in [0.5, 0.6) is 0 Å². The number of nitrogens with zero attached hydrogens (tertiary/aromatic N) is 2. The van der Waals surface area contributed by atoms with Gasteiger partial charge in [-0.05, 0) is 30.9 Å². The van der Waals surface area contributed by atoms with E-state index in [1.54, 1.807) is 12.1 Å². The molecule has 0 aromatic carbocycles. The highest BCUT2D eigenvalue weighted by Gasteiger charge is 2.30. The summed E-state index contributed by atoms with van der Waals surface area (Å²) in [5.41, 5.74) is 0. The van der Waals surface area contributed by atoms with Crippen LogP contribution in [0.1, 0.15) is 23.4 Å². The molecule has 1 aliphatic heterocycles. The van der Waals surface area contributed by atoms with Crippen LogP contribution < -0.4 is 5.32 Å². The number of nitrogens with one attached hydrogen (secondary N) is 1. The molecular formula is C13H21N3O4S. The molecule has 0 radical (unpaired) electrons. The number of hydrogen-bond donors (Lipinski definition) is 1. The number of carbonyl (C=O) groups is 1. The predicted molar refractivity (Wildman–Crippen MR) is 77.9 cm³/mol. The fraction of sp³-hybridized carbons (Fsp3) is 0.615. The molecule has 0 aliphatic carbocycles. The molecule has 21 heavy (non-hydrogen) atoms. The number of piperidine rings is 1. The number of carbonyl (C=O) groups excluding carboxylic acids is 1. The van der Waals surface area contributed by atoms with Crippen molar-refractivity contribution < 1.29 is 17.6 Å². The Morgan fingerprint density at radius 1 is 1.52 bits per heavy atom. The van der Waals surface area contributed by atoms with Gasteiger partial charge in [0.2, 0.25) is 0 Å². The number of amides is 1. The second-order valence-electron chi connectivity index (χ2n) is 5.34. The molecule has 0 bridgehead atoms. The lowest BCUT2D eigenvalue weighted by molar-refractivity contribution is 0.0913. The summed E-state index contributed by atoms with van der Waals surface area (Å²) in [7, 11) is -0.328. The first kappa shape index (κ1) is 16.0. The van der Waals surface area contributed by atoms with Crippen molar-refractivity contribution in [2.45, 2.75) is 12.8 Å². The quantitative estimate of drug-likeness (QED) is 0.859. The van der Waals surface area contributed by atoms with Crippen molar-refractivity contribution in [1.29, 1.82) is 0 Å². The topological polar surface area (TPSA) is 82.9 Å². The Morgan fingerprint density at radius 3 is 2.90 bits per heavy atom. The number of rotatable bonds is 5. The Hall–Kier alpha value is -1.38. The molecule has 1 atom stereocenters. The van der Waals surface area contributed by atoms with Crippen LogP contribution in [0, 0.1) is 5.92 Å². The molecule has 0 unspecified atom stereocenters. The standard InChI is InChI=1S/C13H21N3O4S/c1-15(2)21(18,19)16-7-3-5-11(10-16)9-14-13(17)12-6-4-8-20-12/h4,6,8,11H,3,5,7,9-10H2,1-2H3,(H,14,17)/t11-/m0/s1. The van der Waals surface area contributed by atoms with Gasteiger partial charge in [-0.25, -0.2) is 0 Å². The van der Waals surface area contributed by atoms with Crippen LogP contribution in [0.15, 0.2) is 22.8 Å². The molecule has 1 aromatic rings. The minimum atomic E-state index is -3.38. The van der Waals surface area contributed by atoms with Gasteiger partial charge in [0.05, 0.1) is 6.26 Å². The lowest BCUT2D eigenvalue weighted by Crippen LogP contribution is -2.47. The van der Waals surface area contributed by atoms with Crippen molar-refractivity contribution in [3.05, 3.63) is 24.2 Å². The molecule has 2 heterocycles. The molecular weight excluding hydrogens is 294 g/mol. The lowest BCUT2D eigenvalue weighted by atomic mass is 10.00. The smallest absolute Gasteiger partial charge is 0.286 e. The van der Waals surface area contributed by atoms with Crippen molar-refractivity contribution in [2.75, 3.05) is 33.7 Å². The highest BCUT2D eigenvalue weighted by molar-refractivity contribution is 7.86. The van der Waals surface area contributed by atoms with Gasteiger partial charge in [0.15, 0.2) is 5.76 Å². The third kappa shape index (κ3) is 3.84. The number of hydrogen-bond acceptors (Lipinski definition) is 4. The summed E-state index contributed by atoms with van der Waals surface area (Å²) in [5, 5.41) is 2.79. The van der Waals surface area contributed by atoms with Crippen molar-refractivity contribution in [3.63, 3.8) is 0 Å². The highest BCUT2D eigenvalue weighted by Crippen LogP contribution is 2.19. The Bertz CT molecular complexity index is 568. The van der Waals surface area contributed by atoms with Crippen LogP contribution in [0.25, 0.3) is 0 Å². The van der Waals surface area contributed by atoms with Gasteiger partial charge in [-0.3, -0.25) is 4.79 Å². The van der Waals surface area contributed by atoms with Crippen molar-refractivity contribution >= 4 is 16.1 Å². The number of furan rings is 1. The second-order valence-corrected chi connectivity index (χ2v) is 7.49. The molecule has 1 aliphatic rings. The second kappa shape index (κ2) is 6.59. The Labute approximate surface area is 125 Å². The van der Waals surface area contributed by atoms with E-state index in [1.807, 2.05) is 0 Å². The maximum Gasteiger partial charge on any atom is 0.286 e. The molecule has 1 N–H and O–H groups in total. The Morgan fingerprint density at radius 2 is 2.29 bits per heavy atom. The van der Waals surface area contributed by atoms with Crippen molar-refractivity contribution in [2.24, 2.45) is 5.92 Å². The molecule has 118 valence electrons. The molecule has 1 saturated heterocycles. The zero-order valence-corrected chi connectivity index (χ0v) is 13.1. The summed E-state index contributed by atoms with van der Waals surface area (Å²) in [6.07, 6.45) is 3.15. The van der Waals surface area contributed by atoms with E-state index in [9.17, 15) is 13.2 Å². The van der Waals surface area contributed by atoms with E-state index < -0.39 is 10.2 Å². The SMILES string of the molecule is CN(C)S(=O)(=O)N1CCC[C@@H](CNC(=O)c2ccco2)C1. The molecule has 0 saturated carbocycles. The predicted octanol–water partition coefficient (Wildman–Crippen LogP) is 0.528. The molecule has 2 rings (SSSR count). The molecule has 1 fully saturated rings. The van der Waals surface area contributed by atoms with Crippen LogP contribution in [0.2, 0.25) is 0 Å². The minimum absolute atomic E-state index is 0.118. The van der Waals surface area contributed by atoms with Crippen LogP contribution in [-0.4, -0.2) is 56.7 Å². The summed E-state index contributed by atoms with van der Waals surface area (Å²) >= 11 is 0. The summed E-state index contributed by atoms with van der Waals surface area (Å²) in [6.45, 7) is 1.40. The maximum atomic E-state index is 12.1. The first-order chi connectivity index (χ1) is 9.91. The van der Waals surface area contributed by atoms with Crippen LogP contribution in [0.4, 0.5) is 0 Å². The Kier molecular flexibility index (Phi) is 5.02. The molecule has 1 aromatic heterocycles.